The maximum Gasteiger partial charge on any atom is 0.255 e. The quantitative estimate of drug-likeness (QED) is 0.407. The molecule has 0 atom stereocenters. The normalized spacial score (nSPS) is 14.5. The van der Waals surface area contributed by atoms with Crippen LogP contribution in [0.15, 0.2) is 35.7 Å². The Hall–Kier alpha value is -2.60. The highest BCUT2D eigenvalue weighted by Gasteiger charge is 2.27. The first-order valence-electron chi connectivity index (χ1n) is 11.7. The lowest BCUT2D eigenvalue weighted by atomic mass is 9.95. The smallest absolute Gasteiger partial charge is 0.255 e. The van der Waals surface area contributed by atoms with Crippen molar-refractivity contribution >= 4 is 17.2 Å². The van der Waals surface area contributed by atoms with Gasteiger partial charge in [-0.1, -0.05) is 19.3 Å². The minimum Gasteiger partial charge on any atom is -0.497 e. The predicted octanol–water partition coefficient (Wildman–Crippen LogP) is 6.58. The topological polar surface area (TPSA) is 47.4 Å². The Balaban J connectivity index is 1.76. The summed E-state index contributed by atoms with van der Waals surface area (Å²) in [4.78, 5) is 20.2. The highest BCUT2D eigenvalue weighted by molar-refractivity contribution is 7.13. The molecule has 1 aromatic carbocycles. The van der Waals surface area contributed by atoms with Gasteiger partial charge in [0.05, 0.1) is 24.1 Å². The van der Waals surface area contributed by atoms with Gasteiger partial charge in [0.2, 0.25) is 0 Å². The number of carbonyl (C=O) groups is 1. The van der Waals surface area contributed by atoms with Crippen molar-refractivity contribution in [2.24, 2.45) is 0 Å². The van der Waals surface area contributed by atoms with Crippen LogP contribution in [-0.4, -0.2) is 40.6 Å². The molecule has 0 radical (unpaired) electrons. The van der Waals surface area contributed by atoms with E-state index < -0.39 is 0 Å². The van der Waals surface area contributed by atoms with Gasteiger partial charge in [0.1, 0.15) is 10.8 Å². The van der Waals surface area contributed by atoms with Crippen LogP contribution in [0.5, 0.6) is 5.75 Å². The molecule has 2 heterocycles. The number of thiazole rings is 1. The minimum atomic E-state index is 0.119. The second-order valence-electron chi connectivity index (χ2n) is 8.43. The van der Waals surface area contributed by atoms with E-state index in [1.807, 2.05) is 43.0 Å². The van der Waals surface area contributed by atoms with Gasteiger partial charge in [-0.05, 0) is 63.9 Å². The Morgan fingerprint density at radius 2 is 1.84 bits per heavy atom. The van der Waals surface area contributed by atoms with Crippen LogP contribution in [0.4, 0.5) is 0 Å². The van der Waals surface area contributed by atoms with E-state index in [4.69, 9.17) is 9.72 Å². The third kappa shape index (κ3) is 4.33. The summed E-state index contributed by atoms with van der Waals surface area (Å²) >= 11 is 1.64. The highest BCUT2D eigenvalue weighted by Crippen LogP contribution is 2.38. The number of benzene rings is 1. The fraction of sp³-hybridized carbons (Fsp3) is 0.462. The molecule has 2 aromatic heterocycles. The van der Waals surface area contributed by atoms with E-state index in [0.717, 1.165) is 64.9 Å². The highest BCUT2D eigenvalue weighted by atomic mass is 32.1. The predicted molar refractivity (Wildman–Crippen MR) is 132 cm³/mol. The third-order valence-corrected chi connectivity index (χ3v) is 7.51. The summed E-state index contributed by atoms with van der Waals surface area (Å²) in [5.41, 5.74) is 4.99. The molecule has 1 saturated carbocycles. The molecule has 1 amide bonds. The van der Waals surface area contributed by atoms with Crippen LogP contribution in [-0.2, 0) is 0 Å². The van der Waals surface area contributed by atoms with Crippen LogP contribution in [0.25, 0.3) is 22.0 Å². The molecule has 0 spiro atoms. The van der Waals surface area contributed by atoms with Crippen molar-refractivity contribution in [1.82, 2.24) is 14.5 Å². The summed E-state index contributed by atoms with van der Waals surface area (Å²) in [6, 6.07) is 10.5. The van der Waals surface area contributed by atoms with Crippen LogP contribution in [0.2, 0.25) is 0 Å². The Morgan fingerprint density at radius 1 is 1.16 bits per heavy atom. The average molecular weight is 452 g/mol. The number of carbonyl (C=O) groups excluding carboxylic acids is 1. The minimum absolute atomic E-state index is 0.119. The molecular weight excluding hydrogens is 418 g/mol. The first kappa shape index (κ1) is 22.6. The monoisotopic (exact) mass is 451 g/mol. The van der Waals surface area contributed by atoms with Crippen molar-refractivity contribution in [2.45, 2.75) is 58.9 Å². The number of methoxy groups -OCH3 is 1. The van der Waals surface area contributed by atoms with Crippen LogP contribution >= 0.6 is 11.3 Å². The third-order valence-electron chi connectivity index (χ3n) is 6.62. The van der Waals surface area contributed by atoms with Crippen molar-refractivity contribution in [1.29, 1.82) is 0 Å². The molecule has 1 aliphatic rings. The van der Waals surface area contributed by atoms with Gasteiger partial charge in [0.25, 0.3) is 5.91 Å². The van der Waals surface area contributed by atoms with Gasteiger partial charge >= 0.3 is 0 Å². The standard InChI is InChI=1S/C26H33N3O2S/c1-5-28(6-2)26(30)22-16-24(29(18(22)3)20-10-8-7-9-11-20)23-17-32-25(27-23)19-12-14-21(31-4)15-13-19/h12-17,20H,5-11H2,1-4H3. The molecule has 0 bridgehead atoms. The zero-order valence-electron chi connectivity index (χ0n) is 19.6. The van der Waals surface area contributed by atoms with Gasteiger partial charge in [-0.2, -0.15) is 0 Å². The number of ether oxygens (including phenoxy) is 1. The number of hydrogen-bond acceptors (Lipinski definition) is 4. The lowest BCUT2D eigenvalue weighted by molar-refractivity contribution is 0.0772. The first-order valence-corrected chi connectivity index (χ1v) is 12.6. The van der Waals surface area contributed by atoms with Gasteiger partial charge in [0, 0.05) is 35.8 Å². The van der Waals surface area contributed by atoms with Crippen LogP contribution < -0.4 is 4.74 Å². The molecule has 0 N–H and O–H groups in total. The van der Waals surface area contributed by atoms with Gasteiger partial charge in [-0.3, -0.25) is 4.79 Å². The average Bonchev–Trinajstić information content (AvgIpc) is 3.45. The van der Waals surface area contributed by atoms with Crippen molar-refractivity contribution in [2.75, 3.05) is 20.2 Å². The molecule has 1 aliphatic carbocycles. The maximum atomic E-state index is 13.3. The fourth-order valence-corrected chi connectivity index (χ4v) is 5.60. The number of amides is 1. The number of nitrogens with zero attached hydrogens (tertiary/aromatic N) is 3. The SMILES string of the molecule is CCN(CC)C(=O)c1cc(-c2csc(-c3ccc(OC)cc3)n2)n(C2CCCCC2)c1C. The Morgan fingerprint density at radius 3 is 2.47 bits per heavy atom. The summed E-state index contributed by atoms with van der Waals surface area (Å²) in [6.45, 7) is 7.62. The summed E-state index contributed by atoms with van der Waals surface area (Å²) in [5.74, 6) is 0.959. The largest absolute Gasteiger partial charge is 0.497 e. The summed E-state index contributed by atoms with van der Waals surface area (Å²) in [6.07, 6.45) is 6.12. The van der Waals surface area contributed by atoms with Gasteiger partial charge in [0.15, 0.2) is 0 Å². The van der Waals surface area contributed by atoms with Crippen molar-refractivity contribution in [3.8, 4) is 27.7 Å². The van der Waals surface area contributed by atoms with E-state index in [0.29, 0.717) is 6.04 Å². The van der Waals surface area contributed by atoms with E-state index in [-0.39, 0.29) is 5.91 Å². The molecule has 3 aromatic rings. The van der Waals surface area contributed by atoms with Crippen molar-refractivity contribution in [3.05, 3.63) is 47.0 Å². The lowest BCUT2D eigenvalue weighted by Crippen LogP contribution is -2.30. The first-order chi connectivity index (χ1) is 15.6. The summed E-state index contributed by atoms with van der Waals surface area (Å²) < 4.78 is 7.69. The van der Waals surface area contributed by atoms with E-state index in [2.05, 4.69) is 22.9 Å². The van der Waals surface area contributed by atoms with Crippen LogP contribution in [0.1, 0.15) is 68.0 Å². The second-order valence-corrected chi connectivity index (χ2v) is 9.29. The number of rotatable bonds is 7. The Bertz CT molecular complexity index is 1060. The molecule has 32 heavy (non-hydrogen) atoms. The molecular formula is C26H33N3O2S. The Labute approximate surface area is 195 Å². The van der Waals surface area contributed by atoms with Gasteiger partial charge in [-0.25, -0.2) is 4.98 Å². The molecule has 0 aliphatic heterocycles. The van der Waals surface area contributed by atoms with Crippen LogP contribution in [0, 0.1) is 6.92 Å². The lowest BCUT2D eigenvalue weighted by Gasteiger charge is -2.27. The van der Waals surface area contributed by atoms with Crippen molar-refractivity contribution in [3.63, 3.8) is 0 Å². The van der Waals surface area contributed by atoms with Crippen molar-refractivity contribution < 1.29 is 9.53 Å². The van der Waals surface area contributed by atoms with E-state index >= 15 is 0 Å². The van der Waals surface area contributed by atoms with E-state index in [9.17, 15) is 4.79 Å². The summed E-state index contributed by atoms with van der Waals surface area (Å²) in [5, 5.41) is 3.10. The number of aromatic nitrogens is 2. The number of hydrogen-bond donors (Lipinski definition) is 0. The zero-order valence-corrected chi connectivity index (χ0v) is 20.4. The summed E-state index contributed by atoms with van der Waals surface area (Å²) in [7, 11) is 1.68. The second kappa shape index (κ2) is 9.90. The fourth-order valence-electron chi connectivity index (χ4n) is 4.78. The maximum absolute atomic E-state index is 13.3. The van der Waals surface area contributed by atoms with E-state index in [1.54, 1.807) is 18.4 Å². The molecule has 0 saturated heterocycles. The van der Waals surface area contributed by atoms with Gasteiger partial charge in [-0.15, -0.1) is 11.3 Å². The molecule has 4 rings (SSSR count). The zero-order chi connectivity index (χ0) is 22.7. The molecule has 5 nitrogen and oxygen atoms in total. The Kier molecular flexibility index (Phi) is 6.99. The molecule has 0 unspecified atom stereocenters. The molecule has 1 fully saturated rings. The van der Waals surface area contributed by atoms with Crippen LogP contribution in [0.3, 0.4) is 0 Å². The van der Waals surface area contributed by atoms with E-state index in [1.165, 1.54) is 19.3 Å². The molecule has 6 heteroatoms. The molecule has 170 valence electrons. The van der Waals surface area contributed by atoms with Gasteiger partial charge < -0.3 is 14.2 Å².